The number of amides is 1. The number of hydrogen-bond donors (Lipinski definition) is 4. The van der Waals surface area contributed by atoms with Crippen LogP contribution in [0.25, 0.3) is 11.6 Å². The Hall–Kier alpha value is -3.25. The lowest BCUT2D eigenvalue weighted by Gasteiger charge is -2.17. The number of anilines is 1. The number of benzene rings is 1. The van der Waals surface area contributed by atoms with Crippen LogP contribution >= 0.6 is 0 Å². The number of hydrogen-bond acceptors (Lipinski definition) is 5. The topological polar surface area (TPSA) is 104 Å². The van der Waals surface area contributed by atoms with Gasteiger partial charge in [-0.05, 0) is 53.9 Å². The van der Waals surface area contributed by atoms with Gasteiger partial charge in [0, 0.05) is 54.3 Å². The highest BCUT2D eigenvalue weighted by Gasteiger charge is 2.09. The van der Waals surface area contributed by atoms with Crippen molar-refractivity contribution in [2.24, 2.45) is 5.73 Å². The first-order valence-corrected chi connectivity index (χ1v) is 8.39. The Bertz CT molecular complexity index is 886. The minimum Gasteiger partial charge on any atom is -0.404 e. The summed E-state index contributed by atoms with van der Waals surface area (Å²) in [5.41, 5.74) is 10.9. The van der Waals surface area contributed by atoms with E-state index in [9.17, 15) is 4.79 Å². The molecule has 2 heterocycles. The van der Waals surface area contributed by atoms with Crippen molar-refractivity contribution in [3.05, 3.63) is 71.2 Å². The van der Waals surface area contributed by atoms with Gasteiger partial charge in [-0.1, -0.05) is 6.07 Å². The summed E-state index contributed by atoms with van der Waals surface area (Å²) in [6.07, 6.45) is 9.94. The number of pyridine rings is 1. The zero-order valence-corrected chi connectivity index (χ0v) is 14.3. The van der Waals surface area contributed by atoms with E-state index in [0.717, 1.165) is 36.3 Å². The predicted octanol–water partition coefficient (Wildman–Crippen LogP) is 2.33. The molecule has 0 atom stereocenters. The molecule has 3 rings (SSSR count). The summed E-state index contributed by atoms with van der Waals surface area (Å²) in [4.78, 5) is 16.3. The van der Waals surface area contributed by atoms with Crippen LogP contribution in [0.15, 0.2) is 48.9 Å². The van der Waals surface area contributed by atoms with E-state index < -0.39 is 0 Å². The summed E-state index contributed by atoms with van der Waals surface area (Å²) in [7, 11) is 0. The van der Waals surface area contributed by atoms with E-state index in [2.05, 4.69) is 21.7 Å². The molecule has 0 saturated carbocycles. The number of aromatic nitrogens is 1. The fourth-order valence-electron chi connectivity index (χ4n) is 2.93. The highest BCUT2D eigenvalue weighted by atomic mass is 16.1. The van der Waals surface area contributed by atoms with Crippen molar-refractivity contribution in [2.45, 2.75) is 13.0 Å². The van der Waals surface area contributed by atoms with E-state index in [1.54, 1.807) is 24.5 Å². The third-order valence-electron chi connectivity index (χ3n) is 4.27. The number of carbonyl (C=O) groups excluding carboxylic acids is 1. The largest absolute Gasteiger partial charge is 0.404 e. The molecule has 0 saturated heterocycles. The zero-order chi connectivity index (χ0) is 18.4. The quantitative estimate of drug-likeness (QED) is 0.492. The van der Waals surface area contributed by atoms with Gasteiger partial charge >= 0.3 is 0 Å². The van der Waals surface area contributed by atoms with Gasteiger partial charge in [0.2, 0.25) is 5.91 Å². The van der Waals surface area contributed by atoms with Crippen LogP contribution in [0, 0.1) is 5.41 Å². The van der Waals surface area contributed by atoms with Crippen LogP contribution in [0.5, 0.6) is 0 Å². The van der Waals surface area contributed by atoms with Crippen molar-refractivity contribution >= 4 is 29.5 Å². The molecule has 132 valence electrons. The Morgan fingerprint density at radius 1 is 1.31 bits per heavy atom. The SMILES string of the molecule is N=C/C(=C\N)c1ccncc1/C=C/C(=O)Nc1ccc2c(c1)CNCC2. The molecule has 0 spiro atoms. The molecular weight excluding hydrogens is 326 g/mol. The molecule has 26 heavy (non-hydrogen) atoms. The fraction of sp³-hybridized carbons (Fsp3) is 0.150. The number of allylic oxidation sites excluding steroid dienone is 1. The first-order chi connectivity index (χ1) is 12.7. The number of carbonyl (C=O) groups is 1. The normalized spacial score (nSPS) is 14.1. The maximum atomic E-state index is 12.3. The van der Waals surface area contributed by atoms with E-state index in [1.165, 1.54) is 29.6 Å². The molecule has 1 aliphatic heterocycles. The van der Waals surface area contributed by atoms with Gasteiger partial charge in [-0.15, -0.1) is 0 Å². The zero-order valence-electron chi connectivity index (χ0n) is 14.3. The summed E-state index contributed by atoms with van der Waals surface area (Å²) in [6, 6.07) is 7.76. The van der Waals surface area contributed by atoms with Gasteiger partial charge in [0.05, 0.1) is 0 Å². The standard InChI is InChI=1S/C20H21N5O/c21-10-17(11-22)19-6-8-24-12-15(19)2-4-20(26)25-18-3-1-14-5-7-23-13-16(14)9-18/h1-4,6,8-12,21,23H,5,7,13,22H2,(H,25,26)/b4-2+,17-11+,21-10?. The Morgan fingerprint density at radius 3 is 3.00 bits per heavy atom. The van der Waals surface area contributed by atoms with Crippen LogP contribution in [-0.2, 0) is 17.8 Å². The molecule has 5 N–H and O–H groups in total. The van der Waals surface area contributed by atoms with Gasteiger partial charge in [0.1, 0.15) is 0 Å². The van der Waals surface area contributed by atoms with Gasteiger partial charge < -0.3 is 21.8 Å². The van der Waals surface area contributed by atoms with Crippen LogP contribution in [0.3, 0.4) is 0 Å². The van der Waals surface area contributed by atoms with Crippen molar-refractivity contribution in [3.63, 3.8) is 0 Å². The van der Waals surface area contributed by atoms with Crippen LogP contribution in [0.2, 0.25) is 0 Å². The number of nitrogens with two attached hydrogens (primary N) is 1. The molecule has 1 aliphatic rings. The lowest BCUT2D eigenvalue weighted by molar-refractivity contribution is -0.111. The van der Waals surface area contributed by atoms with E-state index in [4.69, 9.17) is 11.1 Å². The Kier molecular flexibility index (Phi) is 5.56. The van der Waals surface area contributed by atoms with Gasteiger partial charge in [0.15, 0.2) is 0 Å². The highest BCUT2D eigenvalue weighted by Crippen LogP contribution is 2.20. The average Bonchev–Trinajstić information content (AvgIpc) is 2.68. The van der Waals surface area contributed by atoms with E-state index in [1.807, 2.05) is 12.1 Å². The van der Waals surface area contributed by atoms with Crippen LogP contribution < -0.4 is 16.4 Å². The molecule has 2 aromatic rings. The van der Waals surface area contributed by atoms with Gasteiger partial charge in [0.25, 0.3) is 0 Å². The van der Waals surface area contributed by atoms with Crippen molar-refractivity contribution in [1.29, 1.82) is 5.41 Å². The third-order valence-corrected chi connectivity index (χ3v) is 4.27. The minimum atomic E-state index is -0.225. The second kappa shape index (κ2) is 8.22. The van der Waals surface area contributed by atoms with Crippen molar-refractivity contribution < 1.29 is 4.79 Å². The second-order valence-corrected chi connectivity index (χ2v) is 5.96. The molecule has 0 unspecified atom stereocenters. The molecule has 0 radical (unpaired) electrons. The molecule has 0 fully saturated rings. The van der Waals surface area contributed by atoms with Gasteiger partial charge in [-0.2, -0.15) is 0 Å². The molecule has 1 amide bonds. The monoisotopic (exact) mass is 347 g/mol. The summed E-state index contributed by atoms with van der Waals surface area (Å²) in [5.74, 6) is -0.225. The average molecular weight is 347 g/mol. The predicted molar refractivity (Wildman–Crippen MR) is 105 cm³/mol. The van der Waals surface area contributed by atoms with Crippen LogP contribution in [0.1, 0.15) is 22.3 Å². The highest BCUT2D eigenvalue weighted by molar-refractivity contribution is 6.10. The molecule has 1 aromatic carbocycles. The molecule has 6 nitrogen and oxygen atoms in total. The molecule has 0 bridgehead atoms. The van der Waals surface area contributed by atoms with Crippen LogP contribution in [0.4, 0.5) is 5.69 Å². The second-order valence-electron chi connectivity index (χ2n) is 5.96. The maximum absolute atomic E-state index is 12.3. The number of rotatable bonds is 5. The molecular formula is C20H21N5O. The number of nitrogens with one attached hydrogen (secondary N) is 3. The molecule has 0 aliphatic carbocycles. The van der Waals surface area contributed by atoms with E-state index in [0.29, 0.717) is 5.57 Å². The van der Waals surface area contributed by atoms with E-state index >= 15 is 0 Å². The Morgan fingerprint density at radius 2 is 2.19 bits per heavy atom. The fourth-order valence-corrected chi connectivity index (χ4v) is 2.93. The van der Waals surface area contributed by atoms with Crippen molar-refractivity contribution in [3.8, 4) is 0 Å². The smallest absolute Gasteiger partial charge is 0.248 e. The summed E-state index contributed by atoms with van der Waals surface area (Å²) >= 11 is 0. The van der Waals surface area contributed by atoms with E-state index in [-0.39, 0.29) is 5.91 Å². The van der Waals surface area contributed by atoms with Crippen molar-refractivity contribution in [1.82, 2.24) is 10.3 Å². The first kappa shape index (κ1) is 17.6. The third kappa shape index (κ3) is 4.04. The summed E-state index contributed by atoms with van der Waals surface area (Å²) in [6.45, 7) is 1.82. The number of fused-ring (bicyclic) bond motifs is 1. The van der Waals surface area contributed by atoms with Gasteiger partial charge in [-0.3, -0.25) is 9.78 Å². The van der Waals surface area contributed by atoms with Crippen molar-refractivity contribution in [2.75, 3.05) is 11.9 Å². The Balaban J connectivity index is 1.74. The minimum absolute atomic E-state index is 0.225. The number of nitrogens with zero attached hydrogens (tertiary/aromatic N) is 1. The summed E-state index contributed by atoms with van der Waals surface area (Å²) in [5, 5.41) is 13.6. The first-order valence-electron chi connectivity index (χ1n) is 8.39. The van der Waals surface area contributed by atoms with Gasteiger partial charge in [-0.25, -0.2) is 0 Å². The Labute approximate surface area is 152 Å². The lowest BCUT2D eigenvalue weighted by Crippen LogP contribution is -2.23. The van der Waals surface area contributed by atoms with Crippen LogP contribution in [-0.4, -0.2) is 23.7 Å². The maximum Gasteiger partial charge on any atom is 0.248 e. The molecule has 6 heteroatoms. The lowest BCUT2D eigenvalue weighted by atomic mass is 10.0. The molecule has 1 aromatic heterocycles. The summed E-state index contributed by atoms with van der Waals surface area (Å²) < 4.78 is 0.